The molecule has 3 aromatic rings. The number of rotatable bonds is 8. The van der Waals surface area contributed by atoms with Crippen LogP contribution in [0.1, 0.15) is 15.9 Å². The van der Waals surface area contributed by atoms with Crippen molar-refractivity contribution in [3.63, 3.8) is 0 Å². The third-order valence-electron chi connectivity index (χ3n) is 5.09. The lowest BCUT2D eigenvalue weighted by Crippen LogP contribution is -2.20. The molecular weight excluding hydrogens is 438 g/mol. The van der Waals surface area contributed by atoms with Gasteiger partial charge in [-0.3, -0.25) is 9.59 Å². The van der Waals surface area contributed by atoms with Crippen LogP contribution >= 0.6 is 0 Å². The summed E-state index contributed by atoms with van der Waals surface area (Å²) in [4.78, 5) is 25.1. The van der Waals surface area contributed by atoms with E-state index < -0.39 is 0 Å². The van der Waals surface area contributed by atoms with E-state index in [1.54, 1.807) is 62.8 Å². The fraction of sp³-hybridized carbons (Fsp3) is 0.154. The Hall–Kier alpha value is -4.46. The van der Waals surface area contributed by atoms with Crippen LogP contribution in [0.25, 0.3) is 6.08 Å². The average Bonchev–Trinajstić information content (AvgIpc) is 3.17. The second-order valence-corrected chi connectivity index (χ2v) is 7.28. The van der Waals surface area contributed by atoms with Gasteiger partial charge in [0.1, 0.15) is 28.7 Å². The Kier molecular flexibility index (Phi) is 6.68. The number of carbonyl (C=O) groups is 2. The second-order valence-electron chi connectivity index (χ2n) is 7.28. The van der Waals surface area contributed by atoms with Crippen molar-refractivity contribution in [2.75, 3.05) is 33.3 Å². The van der Waals surface area contributed by atoms with E-state index in [4.69, 9.17) is 23.7 Å². The predicted molar refractivity (Wildman–Crippen MR) is 126 cm³/mol. The van der Waals surface area contributed by atoms with Crippen molar-refractivity contribution in [2.24, 2.45) is 0 Å². The number of carbonyl (C=O) groups excluding carboxylic acids is 2. The Morgan fingerprint density at radius 2 is 1.68 bits per heavy atom. The quantitative estimate of drug-likeness (QED) is 0.499. The number of fused-ring (bicyclic) bond motifs is 1. The maximum Gasteiger partial charge on any atom is 0.262 e. The Labute approximate surface area is 196 Å². The maximum atomic E-state index is 12.7. The number of anilines is 1. The zero-order chi connectivity index (χ0) is 24.1. The molecule has 8 heteroatoms. The summed E-state index contributed by atoms with van der Waals surface area (Å²) in [6.07, 6.45) is 1.65. The van der Waals surface area contributed by atoms with Gasteiger partial charge in [0.05, 0.1) is 32.6 Å². The molecule has 3 aromatic carbocycles. The summed E-state index contributed by atoms with van der Waals surface area (Å²) >= 11 is 0. The van der Waals surface area contributed by atoms with Gasteiger partial charge >= 0.3 is 0 Å². The van der Waals surface area contributed by atoms with Crippen LogP contribution in [0.15, 0.2) is 66.4 Å². The summed E-state index contributed by atoms with van der Waals surface area (Å²) in [5, 5.41) is 2.74. The van der Waals surface area contributed by atoms with Crippen molar-refractivity contribution < 1.29 is 33.3 Å². The van der Waals surface area contributed by atoms with Gasteiger partial charge in [0.15, 0.2) is 12.4 Å². The molecule has 1 heterocycles. The number of ketones is 1. The van der Waals surface area contributed by atoms with Crippen LogP contribution in [0.4, 0.5) is 5.69 Å². The van der Waals surface area contributed by atoms with E-state index in [1.807, 2.05) is 18.2 Å². The Balaban J connectivity index is 1.41. The minimum atomic E-state index is -0.375. The van der Waals surface area contributed by atoms with Crippen LogP contribution in [0.3, 0.4) is 0 Å². The molecule has 1 aliphatic rings. The van der Waals surface area contributed by atoms with E-state index in [9.17, 15) is 9.59 Å². The van der Waals surface area contributed by atoms with E-state index >= 15 is 0 Å². The van der Waals surface area contributed by atoms with E-state index in [-0.39, 0.29) is 24.1 Å². The van der Waals surface area contributed by atoms with E-state index in [2.05, 4.69) is 5.32 Å². The first kappa shape index (κ1) is 22.7. The molecule has 8 nitrogen and oxygen atoms in total. The monoisotopic (exact) mass is 461 g/mol. The highest BCUT2D eigenvalue weighted by Crippen LogP contribution is 2.35. The van der Waals surface area contributed by atoms with Crippen molar-refractivity contribution in [3.8, 4) is 28.7 Å². The van der Waals surface area contributed by atoms with Crippen molar-refractivity contribution in [1.82, 2.24) is 0 Å². The van der Waals surface area contributed by atoms with Gasteiger partial charge < -0.3 is 29.0 Å². The minimum absolute atomic E-state index is 0.199. The molecule has 174 valence electrons. The zero-order valence-electron chi connectivity index (χ0n) is 18.9. The highest BCUT2D eigenvalue weighted by atomic mass is 16.5. The molecule has 1 aliphatic heterocycles. The van der Waals surface area contributed by atoms with Crippen molar-refractivity contribution >= 4 is 23.5 Å². The van der Waals surface area contributed by atoms with Gasteiger partial charge in [-0.2, -0.15) is 0 Å². The summed E-state index contributed by atoms with van der Waals surface area (Å²) in [7, 11) is 4.63. The second kappa shape index (κ2) is 9.99. The molecule has 34 heavy (non-hydrogen) atoms. The largest absolute Gasteiger partial charge is 0.497 e. The highest BCUT2D eigenvalue weighted by molar-refractivity contribution is 6.14. The SMILES string of the molecule is COc1cccc(C=C2Oc3cc(OCC(=O)Nc4ccc(OC)cc4OC)ccc3C2=O)c1. The van der Waals surface area contributed by atoms with Crippen LogP contribution < -0.4 is 29.0 Å². The predicted octanol–water partition coefficient (Wildman–Crippen LogP) is 4.35. The average molecular weight is 461 g/mol. The number of hydrogen-bond acceptors (Lipinski definition) is 7. The molecule has 0 fully saturated rings. The summed E-state index contributed by atoms with van der Waals surface area (Å²) < 4.78 is 27.0. The molecule has 0 bridgehead atoms. The van der Waals surface area contributed by atoms with E-state index in [0.717, 1.165) is 5.56 Å². The standard InChI is InChI=1S/C26H23NO7/c1-30-17-6-4-5-16(11-17)12-24-26(29)20-9-7-19(14-22(20)34-24)33-15-25(28)27-21-10-8-18(31-2)13-23(21)32-3/h4-14H,15H2,1-3H3,(H,27,28). The molecule has 0 aliphatic carbocycles. The molecule has 0 unspecified atom stereocenters. The fourth-order valence-corrected chi connectivity index (χ4v) is 3.38. The molecule has 4 rings (SSSR count). The Morgan fingerprint density at radius 1 is 0.912 bits per heavy atom. The van der Waals surface area contributed by atoms with E-state index in [0.29, 0.717) is 40.0 Å². The molecule has 1 amide bonds. The summed E-state index contributed by atoms with van der Waals surface area (Å²) in [6.45, 7) is -0.242. The third kappa shape index (κ3) is 4.96. The lowest BCUT2D eigenvalue weighted by molar-refractivity contribution is -0.118. The summed E-state index contributed by atoms with van der Waals surface area (Å²) in [5.41, 5.74) is 1.69. The molecule has 0 spiro atoms. The number of hydrogen-bond donors (Lipinski definition) is 1. The number of Topliss-reactive ketones (excluding diaryl/α,β-unsaturated/α-hetero) is 1. The van der Waals surface area contributed by atoms with Crippen LogP contribution in [0.2, 0.25) is 0 Å². The number of benzene rings is 3. The lowest BCUT2D eigenvalue weighted by Gasteiger charge is -2.12. The van der Waals surface area contributed by atoms with Crippen LogP contribution in [-0.2, 0) is 4.79 Å². The first-order chi connectivity index (χ1) is 16.5. The zero-order valence-corrected chi connectivity index (χ0v) is 18.9. The first-order valence-corrected chi connectivity index (χ1v) is 10.4. The number of methoxy groups -OCH3 is 3. The summed E-state index contributed by atoms with van der Waals surface area (Å²) in [5.74, 6) is 2.11. The fourth-order valence-electron chi connectivity index (χ4n) is 3.38. The Morgan fingerprint density at radius 3 is 2.44 bits per heavy atom. The first-order valence-electron chi connectivity index (χ1n) is 10.4. The van der Waals surface area contributed by atoms with Gasteiger partial charge in [0.2, 0.25) is 5.78 Å². The number of ether oxygens (including phenoxy) is 5. The lowest BCUT2D eigenvalue weighted by atomic mass is 10.1. The van der Waals surface area contributed by atoms with Crippen molar-refractivity contribution in [2.45, 2.75) is 0 Å². The van der Waals surface area contributed by atoms with Crippen molar-refractivity contribution in [3.05, 3.63) is 77.5 Å². The van der Waals surface area contributed by atoms with Gasteiger partial charge in [0.25, 0.3) is 5.91 Å². The van der Waals surface area contributed by atoms with Crippen LogP contribution in [0.5, 0.6) is 28.7 Å². The molecule has 1 N–H and O–H groups in total. The maximum absolute atomic E-state index is 12.7. The molecule has 0 saturated heterocycles. The number of allylic oxidation sites excluding steroid dienone is 1. The normalized spacial score (nSPS) is 13.1. The molecule has 0 aromatic heterocycles. The number of nitrogens with one attached hydrogen (secondary N) is 1. The van der Waals surface area contributed by atoms with Crippen LogP contribution in [0, 0.1) is 0 Å². The molecule has 0 atom stereocenters. The van der Waals surface area contributed by atoms with Crippen LogP contribution in [-0.4, -0.2) is 39.6 Å². The smallest absolute Gasteiger partial charge is 0.262 e. The van der Waals surface area contributed by atoms with Gasteiger partial charge in [0, 0.05) is 12.1 Å². The number of amides is 1. The van der Waals surface area contributed by atoms with Gasteiger partial charge in [-0.05, 0) is 48.0 Å². The molecule has 0 radical (unpaired) electrons. The molecular formula is C26H23NO7. The third-order valence-corrected chi connectivity index (χ3v) is 5.09. The van der Waals surface area contributed by atoms with Gasteiger partial charge in [-0.15, -0.1) is 0 Å². The Bertz CT molecular complexity index is 1270. The van der Waals surface area contributed by atoms with Crippen molar-refractivity contribution in [1.29, 1.82) is 0 Å². The highest BCUT2D eigenvalue weighted by Gasteiger charge is 2.28. The topological polar surface area (TPSA) is 92.3 Å². The summed E-state index contributed by atoms with van der Waals surface area (Å²) in [6, 6.07) is 17.2. The van der Waals surface area contributed by atoms with Gasteiger partial charge in [-0.25, -0.2) is 0 Å². The van der Waals surface area contributed by atoms with E-state index in [1.165, 1.54) is 7.11 Å². The molecule has 0 saturated carbocycles. The van der Waals surface area contributed by atoms with Gasteiger partial charge in [-0.1, -0.05) is 12.1 Å². The minimum Gasteiger partial charge on any atom is -0.497 e.